The molecule has 29 heavy (non-hydrogen) atoms. The number of aryl methyl sites for hydroxylation is 2. The van der Waals surface area contributed by atoms with E-state index in [2.05, 4.69) is 10.0 Å². The Kier molecular flexibility index (Phi) is 8.13. The number of nitrogens with one attached hydrogen (secondary N) is 2. The highest BCUT2D eigenvalue weighted by molar-refractivity contribution is 7.88. The second-order valence-corrected chi connectivity index (χ2v) is 10.5. The van der Waals surface area contributed by atoms with Crippen LogP contribution >= 0.6 is 11.3 Å². The standard InChI is InChI=1S/C21H28N2O4S2/c1-14(2)23-29(26,27)13-18-8-6-5-7-17(18)12-22-21(25)10-9-20(24)19-11-15(3)28-16(19)4/h5-8,11,14,23H,9-10,12-13H2,1-4H3,(H,22,25). The second kappa shape index (κ2) is 10.1. The van der Waals surface area contributed by atoms with Gasteiger partial charge in [0.25, 0.3) is 0 Å². The molecule has 2 rings (SSSR count). The second-order valence-electron chi connectivity index (χ2n) is 7.33. The lowest BCUT2D eigenvalue weighted by atomic mass is 10.1. The Morgan fingerprint density at radius 2 is 1.72 bits per heavy atom. The maximum absolute atomic E-state index is 12.3. The van der Waals surface area contributed by atoms with E-state index >= 15 is 0 Å². The van der Waals surface area contributed by atoms with E-state index in [0.717, 1.165) is 15.3 Å². The first kappa shape index (κ1) is 23.3. The minimum atomic E-state index is -3.46. The lowest BCUT2D eigenvalue weighted by Crippen LogP contribution is -2.32. The molecule has 0 bridgehead atoms. The third-order valence-corrected chi connectivity index (χ3v) is 6.76. The fourth-order valence-electron chi connectivity index (χ4n) is 3.03. The zero-order chi connectivity index (χ0) is 21.6. The topological polar surface area (TPSA) is 92.3 Å². The number of amides is 1. The van der Waals surface area contributed by atoms with E-state index in [4.69, 9.17) is 0 Å². The average Bonchev–Trinajstić information content (AvgIpc) is 2.95. The largest absolute Gasteiger partial charge is 0.352 e. The summed E-state index contributed by atoms with van der Waals surface area (Å²) in [6.07, 6.45) is 0.250. The molecule has 0 unspecified atom stereocenters. The van der Waals surface area contributed by atoms with Gasteiger partial charge in [-0.05, 0) is 44.9 Å². The fraction of sp³-hybridized carbons (Fsp3) is 0.429. The predicted molar refractivity (Wildman–Crippen MR) is 117 cm³/mol. The number of hydrogen-bond acceptors (Lipinski definition) is 5. The van der Waals surface area contributed by atoms with Gasteiger partial charge in [-0.3, -0.25) is 9.59 Å². The molecule has 8 heteroatoms. The van der Waals surface area contributed by atoms with Gasteiger partial charge in [-0.15, -0.1) is 11.3 Å². The maximum atomic E-state index is 12.3. The highest BCUT2D eigenvalue weighted by Gasteiger charge is 2.16. The highest BCUT2D eigenvalue weighted by atomic mass is 32.2. The summed E-state index contributed by atoms with van der Waals surface area (Å²) >= 11 is 1.57. The van der Waals surface area contributed by atoms with Crippen molar-refractivity contribution in [3.05, 3.63) is 56.8 Å². The van der Waals surface area contributed by atoms with Crippen LogP contribution in [0, 0.1) is 13.8 Å². The number of carbonyl (C=O) groups excluding carboxylic acids is 2. The first-order valence-electron chi connectivity index (χ1n) is 9.51. The molecule has 0 radical (unpaired) electrons. The van der Waals surface area contributed by atoms with Crippen LogP contribution in [0.5, 0.6) is 0 Å². The van der Waals surface area contributed by atoms with Crippen LogP contribution < -0.4 is 10.0 Å². The van der Waals surface area contributed by atoms with Crippen molar-refractivity contribution in [2.75, 3.05) is 0 Å². The molecule has 0 saturated heterocycles. The molecule has 0 spiro atoms. The van der Waals surface area contributed by atoms with Gasteiger partial charge in [-0.25, -0.2) is 13.1 Å². The van der Waals surface area contributed by atoms with Crippen molar-refractivity contribution >= 4 is 33.1 Å². The number of Topliss-reactive ketones (excluding diaryl/α,β-unsaturated/α-hetero) is 1. The van der Waals surface area contributed by atoms with E-state index in [0.29, 0.717) is 11.1 Å². The minimum absolute atomic E-state index is 0.0340. The van der Waals surface area contributed by atoms with Gasteiger partial charge in [-0.1, -0.05) is 24.3 Å². The van der Waals surface area contributed by atoms with Crippen LogP contribution in [0.4, 0.5) is 0 Å². The third-order valence-electron chi connectivity index (χ3n) is 4.28. The predicted octanol–water partition coefficient (Wildman–Crippen LogP) is 3.47. The number of sulfonamides is 1. The van der Waals surface area contributed by atoms with Gasteiger partial charge >= 0.3 is 0 Å². The number of carbonyl (C=O) groups is 2. The van der Waals surface area contributed by atoms with Gasteiger partial charge in [0.2, 0.25) is 15.9 Å². The van der Waals surface area contributed by atoms with Crippen LogP contribution in [-0.2, 0) is 27.1 Å². The molecule has 2 N–H and O–H groups in total. The number of ketones is 1. The molecule has 0 saturated carbocycles. The molecule has 1 heterocycles. The van der Waals surface area contributed by atoms with E-state index in [9.17, 15) is 18.0 Å². The van der Waals surface area contributed by atoms with E-state index < -0.39 is 10.0 Å². The Morgan fingerprint density at radius 1 is 1.07 bits per heavy atom. The first-order chi connectivity index (χ1) is 13.6. The van der Waals surface area contributed by atoms with Crippen LogP contribution in [0.2, 0.25) is 0 Å². The molecule has 1 aromatic carbocycles. The Balaban J connectivity index is 1.92. The zero-order valence-electron chi connectivity index (χ0n) is 17.2. The zero-order valence-corrected chi connectivity index (χ0v) is 18.9. The number of rotatable bonds is 10. The molecule has 2 aromatic rings. The molecule has 1 amide bonds. The molecule has 6 nitrogen and oxygen atoms in total. The van der Waals surface area contributed by atoms with Crippen LogP contribution in [-0.4, -0.2) is 26.2 Å². The Bertz CT molecular complexity index is 978. The van der Waals surface area contributed by atoms with Gasteiger partial charge in [0, 0.05) is 40.7 Å². The average molecular weight is 437 g/mol. The Hall–Kier alpha value is -2.03. The van der Waals surface area contributed by atoms with Crippen molar-refractivity contribution in [3.8, 4) is 0 Å². The van der Waals surface area contributed by atoms with Gasteiger partial charge in [0.1, 0.15) is 0 Å². The van der Waals surface area contributed by atoms with Crippen LogP contribution in [0.1, 0.15) is 57.9 Å². The van der Waals surface area contributed by atoms with Crippen molar-refractivity contribution in [2.45, 2.75) is 58.9 Å². The number of thiophene rings is 1. The van der Waals surface area contributed by atoms with Gasteiger partial charge < -0.3 is 5.32 Å². The normalized spacial score (nSPS) is 11.6. The van der Waals surface area contributed by atoms with Crippen molar-refractivity contribution in [3.63, 3.8) is 0 Å². The van der Waals surface area contributed by atoms with Crippen molar-refractivity contribution in [2.24, 2.45) is 0 Å². The smallest absolute Gasteiger partial charge is 0.220 e. The lowest BCUT2D eigenvalue weighted by Gasteiger charge is -2.13. The van der Waals surface area contributed by atoms with E-state index in [-0.39, 0.29) is 42.9 Å². The summed E-state index contributed by atoms with van der Waals surface area (Å²) in [6.45, 7) is 7.62. The molecule has 158 valence electrons. The van der Waals surface area contributed by atoms with Crippen LogP contribution in [0.3, 0.4) is 0 Å². The first-order valence-corrected chi connectivity index (χ1v) is 12.0. The molecule has 0 aliphatic carbocycles. The monoisotopic (exact) mass is 436 g/mol. The molecular formula is C21H28N2O4S2. The summed E-state index contributed by atoms with van der Waals surface area (Å²) in [5.41, 5.74) is 2.07. The van der Waals surface area contributed by atoms with Gasteiger partial charge in [0.15, 0.2) is 5.78 Å². The summed E-state index contributed by atoms with van der Waals surface area (Å²) in [6, 6.07) is 8.80. The Morgan fingerprint density at radius 3 is 2.31 bits per heavy atom. The van der Waals surface area contributed by atoms with E-state index in [1.807, 2.05) is 19.9 Å². The van der Waals surface area contributed by atoms with Gasteiger partial charge in [0.05, 0.1) is 5.75 Å². The summed E-state index contributed by atoms with van der Waals surface area (Å²) in [5.74, 6) is -0.416. The quantitative estimate of drug-likeness (QED) is 0.558. The maximum Gasteiger partial charge on any atom is 0.220 e. The van der Waals surface area contributed by atoms with Crippen molar-refractivity contribution < 1.29 is 18.0 Å². The molecule has 1 aromatic heterocycles. The molecule has 0 aliphatic heterocycles. The van der Waals surface area contributed by atoms with Gasteiger partial charge in [-0.2, -0.15) is 0 Å². The molecule has 0 fully saturated rings. The number of hydrogen-bond donors (Lipinski definition) is 2. The van der Waals surface area contributed by atoms with Crippen molar-refractivity contribution in [1.29, 1.82) is 0 Å². The summed E-state index contributed by atoms with van der Waals surface area (Å²) in [4.78, 5) is 26.6. The van der Waals surface area contributed by atoms with Crippen LogP contribution in [0.25, 0.3) is 0 Å². The van der Waals surface area contributed by atoms with E-state index in [1.165, 1.54) is 0 Å². The molecule has 0 aliphatic rings. The van der Waals surface area contributed by atoms with Crippen LogP contribution in [0.15, 0.2) is 30.3 Å². The fourth-order valence-corrected chi connectivity index (χ4v) is 5.46. The van der Waals surface area contributed by atoms with Crippen molar-refractivity contribution in [1.82, 2.24) is 10.0 Å². The molecule has 0 atom stereocenters. The highest BCUT2D eigenvalue weighted by Crippen LogP contribution is 2.22. The minimum Gasteiger partial charge on any atom is -0.352 e. The summed E-state index contributed by atoms with van der Waals surface area (Å²) in [7, 11) is -3.46. The summed E-state index contributed by atoms with van der Waals surface area (Å²) < 4.78 is 27.0. The summed E-state index contributed by atoms with van der Waals surface area (Å²) in [5, 5.41) is 2.79. The lowest BCUT2D eigenvalue weighted by molar-refractivity contribution is -0.121. The SMILES string of the molecule is Cc1cc(C(=O)CCC(=O)NCc2ccccc2CS(=O)(=O)NC(C)C)c(C)s1. The Labute approximate surface area is 176 Å². The molecular weight excluding hydrogens is 408 g/mol. The van der Waals surface area contributed by atoms with E-state index in [1.54, 1.807) is 49.4 Å². The third kappa shape index (κ3) is 7.38. The number of benzene rings is 1.